The van der Waals surface area contributed by atoms with Gasteiger partial charge in [0.25, 0.3) is 0 Å². The fraction of sp³-hybridized carbons (Fsp3) is 0.692. The molecule has 0 aromatic carbocycles. The van der Waals surface area contributed by atoms with Crippen molar-refractivity contribution in [1.82, 2.24) is 4.98 Å². The lowest BCUT2D eigenvalue weighted by Crippen LogP contribution is -2.17. The second-order valence-corrected chi connectivity index (χ2v) is 5.77. The molecular weight excluding hydrogens is 170 g/mol. The van der Waals surface area contributed by atoms with Crippen molar-refractivity contribution in [2.75, 3.05) is 0 Å². The number of rotatable bonds is 2. The normalized spacial score (nSPS) is 13.3. The van der Waals surface area contributed by atoms with Gasteiger partial charge in [0.2, 0.25) is 0 Å². The Bertz CT molecular complexity index is 299. The molecule has 0 aliphatic heterocycles. The minimum absolute atomic E-state index is 0.224. The summed E-state index contributed by atoms with van der Waals surface area (Å²) in [6.45, 7) is 13.5. The average Bonchev–Trinajstić information content (AvgIpc) is 2.51. The Morgan fingerprint density at radius 1 is 1.00 bits per heavy atom. The molecular formula is C13H23N. The Labute approximate surface area is 87.9 Å². The highest BCUT2D eigenvalue weighted by Crippen LogP contribution is 2.29. The summed E-state index contributed by atoms with van der Waals surface area (Å²) in [6.07, 6.45) is 1.16. The van der Waals surface area contributed by atoms with Crippen molar-refractivity contribution in [3.8, 4) is 0 Å². The lowest BCUT2D eigenvalue weighted by molar-refractivity contribution is 0.485. The van der Waals surface area contributed by atoms with E-state index in [0.717, 1.165) is 6.42 Å². The van der Waals surface area contributed by atoms with E-state index in [-0.39, 0.29) is 10.8 Å². The molecule has 1 nitrogen and oxygen atoms in total. The molecule has 0 fully saturated rings. The van der Waals surface area contributed by atoms with Crippen LogP contribution in [0, 0.1) is 0 Å². The van der Waals surface area contributed by atoms with Crippen LogP contribution in [0.4, 0.5) is 0 Å². The first-order chi connectivity index (χ1) is 6.27. The highest BCUT2D eigenvalue weighted by atomic mass is 14.8. The zero-order chi connectivity index (χ0) is 11.0. The average molecular weight is 193 g/mol. The van der Waals surface area contributed by atoms with Gasteiger partial charge >= 0.3 is 0 Å². The molecule has 80 valence electrons. The number of aromatic nitrogens is 1. The summed E-state index contributed by atoms with van der Waals surface area (Å²) in [4.78, 5) is 3.54. The van der Waals surface area contributed by atoms with Gasteiger partial charge in [-0.15, -0.1) is 0 Å². The monoisotopic (exact) mass is 193 g/mol. The Kier molecular flexibility index (Phi) is 2.80. The van der Waals surface area contributed by atoms with Gasteiger partial charge in [0.05, 0.1) is 0 Å². The van der Waals surface area contributed by atoms with Gasteiger partial charge in [-0.3, -0.25) is 0 Å². The molecule has 0 unspecified atom stereocenters. The Hall–Kier alpha value is -0.720. The predicted octanol–water partition coefficient (Wildman–Crippen LogP) is 4.00. The van der Waals surface area contributed by atoms with Crippen LogP contribution in [-0.4, -0.2) is 4.98 Å². The van der Waals surface area contributed by atoms with Gasteiger partial charge < -0.3 is 4.98 Å². The first kappa shape index (κ1) is 11.4. The lowest BCUT2D eigenvalue weighted by Gasteiger charge is -2.22. The number of nitrogens with one attached hydrogen (secondary N) is 1. The third-order valence-corrected chi connectivity index (χ3v) is 3.11. The van der Waals surface area contributed by atoms with Crippen LogP contribution in [0.3, 0.4) is 0 Å². The molecule has 1 aromatic heterocycles. The summed E-state index contributed by atoms with van der Waals surface area (Å²) < 4.78 is 0. The van der Waals surface area contributed by atoms with Gasteiger partial charge in [0.15, 0.2) is 0 Å². The van der Waals surface area contributed by atoms with Crippen LogP contribution in [0.5, 0.6) is 0 Å². The molecule has 1 heterocycles. The summed E-state index contributed by atoms with van der Waals surface area (Å²) in [5.41, 5.74) is 3.17. The molecule has 0 atom stereocenters. The SMILES string of the molecule is CCC(C)(C)c1ccc(C(C)(C)C)[nH]1. The fourth-order valence-corrected chi connectivity index (χ4v) is 1.42. The molecule has 0 bridgehead atoms. The molecule has 1 heteroatoms. The third-order valence-electron chi connectivity index (χ3n) is 3.11. The third kappa shape index (κ3) is 2.20. The topological polar surface area (TPSA) is 15.8 Å². The summed E-state index contributed by atoms with van der Waals surface area (Å²) in [7, 11) is 0. The minimum atomic E-state index is 0.224. The largest absolute Gasteiger partial charge is 0.361 e. The first-order valence-electron chi connectivity index (χ1n) is 5.47. The van der Waals surface area contributed by atoms with Crippen LogP contribution < -0.4 is 0 Å². The minimum Gasteiger partial charge on any atom is -0.361 e. The fourth-order valence-electron chi connectivity index (χ4n) is 1.42. The Balaban J connectivity index is 3.00. The maximum absolute atomic E-state index is 3.54. The lowest BCUT2D eigenvalue weighted by atomic mass is 9.87. The van der Waals surface area contributed by atoms with Crippen molar-refractivity contribution >= 4 is 0 Å². The molecule has 1 aromatic rings. The van der Waals surface area contributed by atoms with E-state index < -0.39 is 0 Å². The number of aromatic amines is 1. The van der Waals surface area contributed by atoms with Gasteiger partial charge in [-0.25, -0.2) is 0 Å². The highest BCUT2D eigenvalue weighted by molar-refractivity contribution is 5.24. The van der Waals surface area contributed by atoms with E-state index in [1.165, 1.54) is 11.4 Å². The van der Waals surface area contributed by atoms with E-state index in [9.17, 15) is 0 Å². The molecule has 0 aliphatic rings. The van der Waals surface area contributed by atoms with Crippen molar-refractivity contribution < 1.29 is 0 Å². The standard InChI is InChI=1S/C13H23N/c1-7-13(5,6)11-9-8-10(14-11)12(2,3)4/h8-9,14H,7H2,1-6H3. The number of hydrogen-bond acceptors (Lipinski definition) is 0. The predicted molar refractivity (Wildman–Crippen MR) is 62.8 cm³/mol. The Morgan fingerprint density at radius 2 is 1.50 bits per heavy atom. The van der Waals surface area contributed by atoms with Gasteiger partial charge in [-0.2, -0.15) is 0 Å². The van der Waals surface area contributed by atoms with E-state index in [1.807, 2.05) is 0 Å². The number of hydrogen-bond donors (Lipinski definition) is 1. The Morgan fingerprint density at radius 3 is 1.86 bits per heavy atom. The van der Waals surface area contributed by atoms with E-state index in [4.69, 9.17) is 0 Å². The van der Waals surface area contributed by atoms with Gasteiger partial charge in [-0.1, -0.05) is 41.5 Å². The number of H-pyrrole nitrogens is 1. The second kappa shape index (κ2) is 3.45. The van der Waals surface area contributed by atoms with E-state index >= 15 is 0 Å². The smallest absolute Gasteiger partial charge is 0.0206 e. The molecule has 0 saturated carbocycles. The zero-order valence-corrected chi connectivity index (χ0v) is 10.4. The van der Waals surface area contributed by atoms with Gasteiger partial charge in [0.1, 0.15) is 0 Å². The van der Waals surface area contributed by atoms with Crippen LogP contribution in [0.2, 0.25) is 0 Å². The molecule has 0 spiro atoms. The summed E-state index contributed by atoms with van der Waals surface area (Å²) in [5.74, 6) is 0. The van der Waals surface area contributed by atoms with Crippen LogP contribution in [0.25, 0.3) is 0 Å². The summed E-state index contributed by atoms with van der Waals surface area (Å²) >= 11 is 0. The van der Waals surface area contributed by atoms with Crippen molar-refractivity contribution in [3.63, 3.8) is 0 Å². The van der Waals surface area contributed by atoms with Crippen LogP contribution in [-0.2, 0) is 10.8 Å². The molecule has 1 N–H and O–H groups in total. The zero-order valence-electron chi connectivity index (χ0n) is 10.4. The van der Waals surface area contributed by atoms with Crippen LogP contribution in [0.15, 0.2) is 12.1 Å². The summed E-state index contributed by atoms with van der Waals surface area (Å²) in [6, 6.07) is 4.44. The maximum atomic E-state index is 3.54. The van der Waals surface area contributed by atoms with Gasteiger partial charge in [-0.05, 0) is 18.6 Å². The van der Waals surface area contributed by atoms with Crippen molar-refractivity contribution in [2.45, 2.75) is 58.8 Å². The first-order valence-corrected chi connectivity index (χ1v) is 5.47. The molecule has 14 heavy (non-hydrogen) atoms. The van der Waals surface area contributed by atoms with Crippen molar-refractivity contribution in [1.29, 1.82) is 0 Å². The molecule has 0 aliphatic carbocycles. The highest BCUT2D eigenvalue weighted by Gasteiger charge is 2.22. The van der Waals surface area contributed by atoms with E-state index in [2.05, 4.69) is 58.7 Å². The second-order valence-electron chi connectivity index (χ2n) is 5.77. The molecule has 0 radical (unpaired) electrons. The molecule has 1 rings (SSSR count). The van der Waals surface area contributed by atoms with E-state index in [1.54, 1.807) is 0 Å². The quantitative estimate of drug-likeness (QED) is 0.730. The summed E-state index contributed by atoms with van der Waals surface area (Å²) in [5, 5.41) is 0. The van der Waals surface area contributed by atoms with Crippen LogP contribution in [0.1, 0.15) is 59.4 Å². The maximum Gasteiger partial charge on any atom is 0.0206 e. The van der Waals surface area contributed by atoms with Crippen LogP contribution >= 0.6 is 0 Å². The van der Waals surface area contributed by atoms with Crippen molar-refractivity contribution in [3.05, 3.63) is 23.5 Å². The van der Waals surface area contributed by atoms with E-state index in [0.29, 0.717) is 0 Å². The molecule has 0 amide bonds. The van der Waals surface area contributed by atoms with Gasteiger partial charge in [0, 0.05) is 22.2 Å². The molecule has 0 saturated heterocycles. The van der Waals surface area contributed by atoms with Crippen molar-refractivity contribution in [2.24, 2.45) is 0 Å².